The number of nitrogens with zero attached hydrogens (tertiary/aromatic N) is 1. The molecule has 2 aromatic rings. The Labute approximate surface area is 263 Å². The Hall–Kier alpha value is -3.68. The minimum atomic E-state index is -1.39. The van der Waals surface area contributed by atoms with Gasteiger partial charge in [0.15, 0.2) is 0 Å². The summed E-state index contributed by atoms with van der Waals surface area (Å²) < 4.78 is 0. The second kappa shape index (κ2) is 12.7. The normalized spacial score (nSPS) is 12.6. The van der Waals surface area contributed by atoms with Gasteiger partial charge < -0.3 is 15.9 Å². The number of aromatic hydroxyl groups is 2. The van der Waals surface area contributed by atoms with Crippen molar-refractivity contribution in [1.82, 2.24) is 4.90 Å². The van der Waals surface area contributed by atoms with Gasteiger partial charge in [-0.3, -0.25) is 19.2 Å². The van der Waals surface area contributed by atoms with E-state index in [1.54, 1.807) is 0 Å². The number of aryl methyl sites for hydroxylation is 2. The van der Waals surface area contributed by atoms with Crippen LogP contribution in [0.4, 0.5) is 0 Å². The van der Waals surface area contributed by atoms with Crippen molar-refractivity contribution in [3.63, 3.8) is 0 Å². The second-order valence-electron chi connectivity index (χ2n) is 15.9. The zero-order valence-corrected chi connectivity index (χ0v) is 28.7. The van der Waals surface area contributed by atoms with E-state index in [-0.39, 0.29) is 58.8 Å². The highest BCUT2D eigenvalue weighted by Gasteiger charge is 2.33. The molecule has 2 rings (SSSR count). The number of rotatable bonds is 6. The van der Waals surface area contributed by atoms with Crippen molar-refractivity contribution < 1.29 is 29.4 Å². The fourth-order valence-electron chi connectivity index (χ4n) is 5.17. The molecule has 4 N–H and O–H groups in total. The maximum absolute atomic E-state index is 13.4. The van der Waals surface area contributed by atoms with E-state index in [4.69, 9.17) is 5.73 Å². The standard InChI is InChI=1S/C36H52N2O6/c1-33(2,3)23-17-21(18-24(29(23)41)34(4,5)6)13-15-27(39)38(32(44)31(37)43)28(40)16-14-22-19-25(35(7,8)9)30(42)26(20-22)36(10,11)12/h17-20,41-42H,13-16H2,1-12H3,(H2,37,43). The molecule has 4 amide bonds. The average Bonchev–Trinajstić information content (AvgIpc) is 2.84. The van der Waals surface area contributed by atoms with Gasteiger partial charge in [0.2, 0.25) is 11.8 Å². The van der Waals surface area contributed by atoms with Crippen LogP contribution in [0.2, 0.25) is 0 Å². The number of hydrogen-bond acceptors (Lipinski definition) is 6. The van der Waals surface area contributed by atoms with Crippen molar-refractivity contribution in [1.29, 1.82) is 0 Å². The van der Waals surface area contributed by atoms with Gasteiger partial charge in [0.25, 0.3) is 0 Å². The van der Waals surface area contributed by atoms with Gasteiger partial charge in [-0.25, -0.2) is 4.90 Å². The lowest BCUT2D eigenvalue weighted by molar-refractivity contribution is -0.158. The molecule has 8 nitrogen and oxygen atoms in total. The predicted octanol–water partition coefficient (Wildman–Crippen LogP) is 6.22. The topological polar surface area (TPSA) is 138 Å². The largest absolute Gasteiger partial charge is 0.507 e. The van der Waals surface area contributed by atoms with Gasteiger partial charge in [0.1, 0.15) is 11.5 Å². The molecule has 8 heteroatoms. The van der Waals surface area contributed by atoms with Crippen LogP contribution < -0.4 is 5.73 Å². The maximum atomic E-state index is 13.4. The van der Waals surface area contributed by atoms with Crippen molar-refractivity contribution >= 4 is 23.6 Å². The van der Waals surface area contributed by atoms with Crippen molar-refractivity contribution in [2.75, 3.05) is 0 Å². The van der Waals surface area contributed by atoms with Crippen LogP contribution in [0.5, 0.6) is 11.5 Å². The number of carbonyl (C=O) groups is 4. The summed E-state index contributed by atoms with van der Waals surface area (Å²) in [6, 6.07) is 7.35. The Balaban J connectivity index is 2.40. The monoisotopic (exact) mass is 608 g/mol. The average molecular weight is 609 g/mol. The van der Waals surface area contributed by atoms with Crippen LogP contribution >= 0.6 is 0 Å². The van der Waals surface area contributed by atoms with E-state index in [0.29, 0.717) is 4.90 Å². The second-order valence-corrected chi connectivity index (χ2v) is 15.9. The number of benzene rings is 2. The lowest BCUT2D eigenvalue weighted by Gasteiger charge is -2.28. The molecule has 0 saturated heterocycles. The third-order valence-corrected chi connectivity index (χ3v) is 7.74. The van der Waals surface area contributed by atoms with Crippen molar-refractivity contribution in [3.05, 3.63) is 57.6 Å². The lowest BCUT2D eigenvalue weighted by Crippen LogP contribution is -2.47. The molecule has 44 heavy (non-hydrogen) atoms. The molecule has 242 valence electrons. The number of phenolic OH excluding ortho intramolecular Hbond substituents is 2. The molecule has 0 radical (unpaired) electrons. The van der Waals surface area contributed by atoms with Crippen LogP contribution in [0.15, 0.2) is 24.3 Å². The SMILES string of the molecule is CC(C)(C)c1cc(CCC(=O)N(C(=O)CCc2cc(C(C)(C)C)c(O)c(C(C)(C)C)c2)C(=O)C(N)=O)cc(C(C)(C)C)c1O. The highest BCUT2D eigenvalue weighted by atomic mass is 16.3. The van der Waals surface area contributed by atoms with Crippen LogP contribution in [0.3, 0.4) is 0 Å². The van der Waals surface area contributed by atoms with E-state index >= 15 is 0 Å². The summed E-state index contributed by atoms with van der Waals surface area (Å²) in [6.07, 6.45) is -0.0691. The fraction of sp³-hybridized carbons (Fsp3) is 0.556. The Morgan fingerprint density at radius 1 is 0.568 bits per heavy atom. The number of nitrogens with two attached hydrogens (primary N) is 1. The van der Waals surface area contributed by atoms with E-state index in [1.165, 1.54) is 0 Å². The molecule has 0 heterocycles. The molecule has 0 saturated carbocycles. The van der Waals surface area contributed by atoms with Gasteiger partial charge in [0, 0.05) is 12.8 Å². The molecule has 0 unspecified atom stereocenters. The number of phenols is 2. The molecule has 2 aromatic carbocycles. The Morgan fingerprint density at radius 3 is 1.02 bits per heavy atom. The van der Waals surface area contributed by atoms with Crippen LogP contribution in [0, 0.1) is 0 Å². The van der Waals surface area contributed by atoms with Gasteiger partial charge in [-0.2, -0.15) is 0 Å². The number of imide groups is 3. The Bertz CT molecular complexity index is 1280. The third-order valence-electron chi connectivity index (χ3n) is 7.74. The van der Waals surface area contributed by atoms with Crippen LogP contribution in [0.1, 0.15) is 129 Å². The van der Waals surface area contributed by atoms with Crippen LogP contribution in [-0.4, -0.2) is 38.7 Å². The van der Waals surface area contributed by atoms with E-state index in [9.17, 15) is 29.4 Å². The molecular formula is C36H52N2O6. The minimum absolute atomic E-state index is 0.183. The summed E-state index contributed by atoms with van der Waals surface area (Å²) in [4.78, 5) is 51.7. The highest BCUT2D eigenvalue weighted by Crippen LogP contribution is 2.41. The van der Waals surface area contributed by atoms with E-state index in [2.05, 4.69) is 0 Å². The lowest BCUT2D eigenvalue weighted by atomic mass is 9.78. The third kappa shape index (κ3) is 8.70. The first kappa shape index (κ1) is 36.5. The predicted molar refractivity (Wildman–Crippen MR) is 174 cm³/mol. The van der Waals surface area contributed by atoms with Gasteiger partial charge in [-0.05, 0) is 67.9 Å². The van der Waals surface area contributed by atoms with Crippen molar-refractivity contribution in [3.8, 4) is 11.5 Å². The van der Waals surface area contributed by atoms with E-state index in [0.717, 1.165) is 33.4 Å². The van der Waals surface area contributed by atoms with Gasteiger partial charge in [-0.15, -0.1) is 0 Å². The van der Waals surface area contributed by atoms with Gasteiger partial charge >= 0.3 is 11.8 Å². The first-order chi connectivity index (χ1) is 19.8. The van der Waals surface area contributed by atoms with Crippen LogP contribution in [0.25, 0.3) is 0 Å². The molecule has 0 aliphatic carbocycles. The summed E-state index contributed by atoms with van der Waals surface area (Å²) in [5.41, 5.74) is 8.19. The van der Waals surface area contributed by atoms with Gasteiger partial charge in [0.05, 0.1) is 0 Å². The minimum Gasteiger partial charge on any atom is -0.507 e. The summed E-state index contributed by atoms with van der Waals surface area (Å²) in [5.74, 6) is -3.99. The zero-order valence-electron chi connectivity index (χ0n) is 28.7. The molecule has 0 bridgehead atoms. The zero-order chi connectivity index (χ0) is 34.2. The fourth-order valence-corrected chi connectivity index (χ4v) is 5.17. The van der Waals surface area contributed by atoms with Gasteiger partial charge in [-0.1, -0.05) is 107 Å². The quantitative estimate of drug-likeness (QED) is 0.333. The molecule has 0 aliphatic rings. The summed E-state index contributed by atoms with van der Waals surface area (Å²) in [6.45, 7) is 23.8. The molecule has 0 atom stereocenters. The number of carbonyl (C=O) groups excluding carboxylic acids is 4. The Kier molecular flexibility index (Phi) is 10.6. The summed E-state index contributed by atoms with van der Waals surface area (Å²) in [5, 5.41) is 22.0. The van der Waals surface area contributed by atoms with E-state index in [1.807, 2.05) is 107 Å². The molecule has 0 aliphatic heterocycles. The number of amides is 4. The molecule has 0 spiro atoms. The summed E-state index contributed by atoms with van der Waals surface area (Å²) in [7, 11) is 0. The molecule has 0 fully saturated rings. The van der Waals surface area contributed by atoms with Crippen molar-refractivity contribution in [2.24, 2.45) is 5.73 Å². The highest BCUT2D eigenvalue weighted by molar-refractivity contribution is 6.40. The smallest absolute Gasteiger partial charge is 0.325 e. The van der Waals surface area contributed by atoms with E-state index < -0.39 is 23.6 Å². The molecule has 0 aromatic heterocycles. The number of hydrogen-bond donors (Lipinski definition) is 3. The van der Waals surface area contributed by atoms with Crippen molar-refractivity contribution in [2.45, 2.75) is 130 Å². The maximum Gasteiger partial charge on any atom is 0.325 e. The first-order valence-electron chi connectivity index (χ1n) is 15.2. The molecular weight excluding hydrogens is 556 g/mol. The Morgan fingerprint density at radius 2 is 0.818 bits per heavy atom. The van der Waals surface area contributed by atoms with Crippen LogP contribution in [-0.2, 0) is 53.7 Å². The first-order valence-corrected chi connectivity index (χ1v) is 15.2. The number of primary amides is 1. The summed E-state index contributed by atoms with van der Waals surface area (Å²) >= 11 is 0.